The van der Waals surface area contributed by atoms with Crippen LogP contribution in [0.25, 0.3) is 0 Å². The fourth-order valence-electron chi connectivity index (χ4n) is 1.70. The van der Waals surface area contributed by atoms with Crippen molar-refractivity contribution < 1.29 is 5.11 Å². The van der Waals surface area contributed by atoms with Gasteiger partial charge < -0.3 is 10.0 Å². The molecule has 0 heterocycles. The maximum atomic E-state index is 9.12. The molecule has 2 heteroatoms. The first-order valence-electron chi connectivity index (χ1n) is 5.08. The van der Waals surface area contributed by atoms with E-state index < -0.39 is 0 Å². The van der Waals surface area contributed by atoms with Crippen LogP contribution >= 0.6 is 0 Å². The van der Waals surface area contributed by atoms with Crippen molar-refractivity contribution in [2.75, 3.05) is 20.1 Å². The molecule has 0 atom stereocenters. The minimum absolute atomic E-state index is 0.0122. The zero-order valence-electron chi connectivity index (χ0n) is 8.95. The van der Waals surface area contributed by atoms with E-state index in [0.29, 0.717) is 0 Å². The maximum absolute atomic E-state index is 9.12. The van der Waals surface area contributed by atoms with Crippen molar-refractivity contribution in [1.29, 1.82) is 0 Å². The SMILES string of the molecule is CC(C)=CCN(C)CC1CC(O)C1. The molecule has 0 aliphatic heterocycles. The van der Waals surface area contributed by atoms with Gasteiger partial charge in [-0.3, -0.25) is 0 Å². The lowest BCUT2D eigenvalue weighted by Gasteiger charge is -2.34. The fourth-order valence-corrected chi connectivity index (χ4v) is 1.70. The van der Waals surface area contributed by atoms with E-state index in [1.165, 1.54) is 5.57 Å². The normalized spacial score (nSPS) is 27.2. The number of aliphatic hydroxyl groups excluding tert-OH is 1. The lowest BCUT2D eigenvalue weighted by Crippen LogP contribution is -2.37. The Morgan fingerprint density at radius 1 is 1.46 bits per heavy atom. The van der Waals surface area contributed by atoms with Crippen LogP contribution in [0.4, 0.5) is 0 Å². The molecule has 1 aliphatic rings. The van der Waals surface area contributed by atoms with Crippen molar-refractivity contribution in [1.82, 2.24) is 4.90 Å². The van der Waals surface area contributed by atoms with Crippen LogP contribution in [0.2, 0.25) is 0 Å². The molecule has 0 spiro atoms. The Kier molecular flexibility index (Phi) is 3.94. The molecule has 1 saturated carbocycles. The van der Waals surface area contributed by atoms with Crippen molar-refractivity contribution >= 4 is 0 Å². The van der Waals surface area contributed by atoms with Gasteiger partial charge in [0.1, 0.15) is 0 Å². The van der Waals surface area contributed by atoms with E-state index in [9.17, 15) is 0 Å². The number of likely N-dealkylation sites (N-methyl/N-ethyl adjacent to an activating group) is 1. The molecule has 0 aromatic heterocycles. The van der Waals surface area contributed by atoms with Crippen molar-refractivity contribution in [3.8, 4) is 0 Å². The monoisotopic (exact) mass is 183 g/mol. The van der Waals surface area contributed by atoms with Crippen LogP contribution in [0.1, 0.15) is 26.7 Å². The third-order valence-corrected chi connectivity index (χ3v) is 2.59. The summed E-state index contributed by atoms with van der Waals surface area (Å²) in [6, 6.07) is 0. The maximum Gasteiger partial charge on any atom is 0.0546 e. The Labute approximate surface area is 81.2 Å². The largest absolute Gasteiger partial charge is 0.393 e. The third-order valence-electron chi connectivity index (χ3n) is 2.59. The molecule has 0 saturated heterocycles. The van der Waals surface area contributed by atoms with E-state index in [1.807, 2.05) is 0 Å². The number of rotatable bonds is 4. The van der Waals surface area contributed by atoms with Crippen LogP contribution in [0.15, 0.2) is 11.6 Å². The Hall–Kier alpha value is -0.340. The van der Waals surface area contributed by atoms with Gasteiger partial charge in [0.15, 0.2) is 0 Å². The number of aliphatic hydroxyl groups is 1. The van der Waals surface area contributed by atoms with Crippen LogP contribution < -0.4 is 0 Å². The number of hydrogen-bond acceptors (Lipinski definition) is 2. The molecule has 0 bridgehead atoms. The van der Waals surface area contributed by atoms with E-state index in [4.69, 9.17) is 5.11 Å². The molecule has 13 heavy (non-hydrogen) atoms. The summed E-state index contributed by atoms with van der Waals surface area (Å²) in [5.74, 6) is 0.727. The molecule has 0 aromatic rings. The molecule has 0 unspecified atom stereocenters. The molecule has 1 aliphatic carbocycles. The molecule has 1 N–H and O–H groups in total. The molecule has 0 radical (unpaired) electrons. The second-order valence-electron chi connectivity index (χ2n) is 4.49. The summed E-state index contributed by atoms with van der Waals surface area (Å²) in [6.07, 6.45) is 4.23. The second-order valence-corrected chi connectivity index (χ2v) is 4.49. The van der Waals surface area contributed by atoms with Crippen LogP contribution in [0, 0.1) is 5.92 Å². The lowest BCUT2D eigenvalue weighted by molar-refractivity contribution is 0.0298. The summed E-state index contributed by atoms with van der Waals surface area (Å²) < 4.78 is 0. The highest BCUT2D eigenvalue weighted by Crippen LogP contribution is 2.27. The van der Waals surface area contributed by atoms with Crippen LogP contribution in [-0.4, -0.2) is 36.2 Å². The van der Waals surface area contributed by atoms with Gasteiger partial charge in [-0.05, 0) is 39.7 Å². The molecular formula is C11H21NO. The fraction of sp³-hybridized carbons (Fsp3) is 0.818. The zero-order chi connectivity index (χ0) is 9.84. The van der Waals surface area contributed by atoms with Crippen LogP contribution in [-0.2, 0) is 0 Å². The first-order chi connectivity index (χ1) is 6.08. The molecule has 1 rings (SSSR count). The van der Waals surface area contributed by atoms with Crippen molar-refractivity contribution in [2.24, 2.45) is 5.92 Å². The second kappa shape index (κ2) is 4.77. The van der Waals surface area contributed by atoms with Gasteiger partial charge in [-0.2, -0.15) is 0 Å². The highest BCUT2D eigenvalue weighted by Gasteiger charge is 2.27. The van der Waals surface area contributed by atoms with Crippen LogP contribution in [0.5, 0.6) is 0 Å². The Morgan fingerprint density at radius 2 is 2.08 bits per heavy atom. The highest BCUT2D eigenvalue weighted by molar-refractivity contribution is 4.95. The van der Waals surface area contributed by atoms with Gasteiger partial charge in [0.25, 0.3) is 0 Å². The zero-order valence-corrected chi connectivity index (χ0v) is 8.95. The first-order valence-corrected chi connectivity index (χ1v) is 5.08. The van der Waals surface area contributed by atoms with Gasteiger partial charge in [-0.15, -0.1) is 0 Å². The molecule has 2 nitrogen and oxygen atoms in total. The minimum Gasteiger partial charge on any atom is -0.393 e. The van der Waals surface area contributed by atoms with Gasteiger partial charge in [-0.1, -0.05) is 11.6 Å². The van der Waals surface area contributed by atoms with Gasteiger partial charge in [0.05, 0.1) is 6.10 Å². The quantitative estimate of drug-likeness (QED) is 0.670. The summed E-state index contributed by atoms with van der Waals surface area (Å²) in [4.78, 5) is 2.32. The van der Waals surface area contributed by atoms with E-state index in [-0.39, 0.29) is 6.10 Å². The minimum atomic E-state index is -0.0122. The van der Waals surface area contributed by atoms with E-state index >= 15 is 0 Å². The summed E-state index contributed by atoms with van der Waals surface area (Å²) >= 11 is 0. The molecule has 0 amide bonds. The van der Waals surface area contributed by atoms with E-state index in [0.717, 1.165) is 31.8 Å². The number of allylic oxidation sites excluding steroid dienone is 1. The van der Waals surface area contributed by atoms with Crippen molar-refractivity contribution in [3.05, 3.63) is 11.6 Å². The molecule has 0 aromatic carbocycles. The van der Waals surface area contributed by atoms with E-state index in [1.54, 1.807) is 0 Å². The van der Waals surface area contributed by atoms with Crippen molar-refractivity contribution in [2.45, 2.75) is 32.8 Å². The summed E-state index contributed by atoms with van der Waals surface area (Å²) in [7, 11) is 2.14. The third kappa shape index (κ3) is 3.92. The predicted molar refractivity (Wildman–Crippen MR) is 55.7 cm³/mol. The number of hydrogen-bond donors (Lipinski definition) is 1. The van der Waals surface area contributed by atoms with Gasteiger partial charge in [0, 0.05) is 13.1 Å². The van der Waals surface area contributed by atoms with Gasteiger partial charge in [0.2, 0.25) is 0 Å². The molecular weight excluding hydrogens is 162 g/mol. The Morgan fingerprint density at radius 3 is 2.54 bits per heavy atom. The Bertz CT molecular complexity index is 179. The first kappa shape index (κ1) is 10.7. The Balaban J connectivity index is 2.11. The molecule has 76 valence electrons. The van der Waals surface area contributed by atoms with Gasteiger partial charge in [-0.25, -0.2) is 0 Å². The lowest BCUT2D eigenvalue weighted by atomic mass is 9.82. The van der Waals surface area contributed by atoms with E-state index in [2.05, 4.69) is 31.9 Å². The van der Waals surface area contributed by atoms with Crippen LogP contribution in [0.3, 0.4) is 0 Å². The smallest absolute Gasteiger partial charge is 0.0546 e. The standard InChI is InChI=1S/C11H21NO/c1-9(2)4-5-12(3)8-10-6-11(13)7-10/h4,10-11,13H,5-8H2,1-3H3. The average Bonchev–Trinajstić information content (AvgIpc) is 1.98. The van der Waals surface area contributed by atoms with Crippen molar-refractivity contribution in [3.63, 3.8) is 0 Å². The topological polar surface area (TPSA) is 23.5 Å². The molecule has 1 fully saturated rings. The summed E-state index contributed by atoms with van der Waals surface area (Å²) in [5, 5.41) is 9.12. The predicted octanol–water partition coefficient (Wildman–Crippen LogP) is 1.66. The number of nitrogens with zero attached hydrogens (tertiary/aromatic N) is 1. The van der Waals surface area contributed by atoms with Gasteiger partial charge >= 0.3 is 0 Å². The summed E-state index contributed by atoms with van der Waals surface area (Å²) in [5.41, 5.74) is 1.38. The highest BCUT2D eigenvalue weighted by atomic mass is 16.3. The average molecular weight is 183 g/mol. The summed E-state index contributed by atoms with van der Waals surface area (Å²) in [6.45, 7) is 6.41.